The number of carboxylic acid groups (broad SMARTS) is 1. The van der Waals surface area contributed by atoms with Crippen LogP contribution in [0.3, 0.4) is 0 Å². The molecule has 0 bridgehead atoms. The Labute approximate surface area is 91.1 Å². The highest BCUT2D eigenvalue weighted by Gasteiger charge is 2.42. The van der Waals surface area contributed by atoms with Gasteiger partial charge in [-0.15, -0.1) is 6.58 Å². The van der Waals surface area contributed by atoms with Crippen LogP contribution < -0.4 is 0 Å². The van der Waals surface area contributed by atoms with Crippen molar-refractivity contribution in [2.45, 2.75) is 44.6 Å². The molecule has 1 fully saturated rings. The summed E-state index contributed by atoms with van der Waals surface area (Å²) >= 11 is 0. The van der Waals surface area contributed by atoms with Crippen LogP contribution in [0.5, 0.6) is 0 Å². The van der Waals surface area contributed by atoms with Crippen molar-refractivity contribution < 1.29 is 14.6 Å². The van der Waals surface area contributed by atoms with Crippen LogP contribution in [0, 0.1) is 5.92 Å². The molecule has 0 aromatic carbocycles. The first-order chi connectivity index (χ1) is 7.10. The van der Waals surface area contributed by atoms with Crippen LogP contribution in [0.1, 0.15) is 39.0 Å². The molecule has 1 saturated carbocycles. The first-order valence-corrected chi connectivity index (χ1v) is 5.59. The molecule has 0 amide bonds. The summed E-state index contributed by atoms with van der Waals surface area (Å²) in [5, 5.41) is 9.26. The molecule has 1 N–H and O–H groups in total. The van der Waals surface area contributed by atoms with Crippen LogP contribution in [-0.4, -0.2) is 23.3 Å². The second kappa shape index (κ2) is 5.31. The molecule has 1 aliphatic rings. The minimum atomic E-state index is -0.930. The fraction of sp³-hybridized carbons (Fsp3) is 0.750. The van der Waals surface area contributed by atoms with Crippen molar-refractivity contribution in [3.05, 3.63) is 12.7 Å². The maximum atomic E-state index is 11.3. The maximum Gasteiger partial charge on any atom is 0.335 e. The van der Waals surface area contributed by atoms with Gasteiger partial charge in [-0.1, -0.05) is 19.4 Å². The lowest BCUT2D eigenvalue weighted by Crippen LogP contribution is -2.45. The summed E-state index contributed by atoms with van der Waals surface area (Å²) in [5.74, 6) is -0.364. The second-order valence-corrected chi connectivity index (χ2v) is 4.43. The Morgan fingerprint density at radius 2 is 2.47 bits per heavy atom. The maximum absolute atomic E-state index is 11.3. The molecular weight excluding hydrogens is 192 g/mol. The number of carboxylic acids is 1. The van der Waals surface area contributed by atoms with Crippen molar-refractivity contribution in [3.8, 4) is 0 Å². The van der Waals surface area contributed by atoms with Crippen LogP contribution in [0.25, 0.3) is 0 Å². The van der Waals surface area contributed by atoms with E-state index in [0.717, 1.165) is 12.8 Å². The van der Waals surface area contributed by atoms with Crippen molar-refractivity contribution in [1.29, 1.82) is 0 Å². The number of aliphatic carboxylic acids is 1. The summed E-state index contributed by atoms with van der Waals surface area (Å²) < 4.78 is 5.57. The largest absolute Gasteiger partial charge is 0.479 e. The Morgan fingerprint density at radius 3 is 3.00 bits per heavy atom. The van der Waals surface area contributed by atoms with Gasteiger partial charge in [0.15, 0.2) is 5.60 Å². The molecule has 0 spiro atoms. The Hall–Kier alpha value is -0.830. The van der Waals surface area contributed by atoms with Gasteiger partial charge in [0.25, 0.3) is 0 Å². The molecule has 15 heavy (non-hydrogen) atoms. The van der Waals surface area contributed by atoms with E-state index < -0.39 is 11.6 Å². The lowest BCUT2D eigenvalue weighted by Gasteiger charge is -2.36. The molecule has 0 aliphatic heterocycles. The molecule has 0 heterocycles. The van der Waals surface area contributed by atoms with Gasteiger partial charge in [-0.25, -0.2) is 4.79 Å². The van der Waals surface area contributed by atoms with E-state index in [1.165, 1.54) is 0 Å². The lowest BCUT2D eigenvalue weighted by atomic mass is 9.79. The Balaban J connectivity index is 2.60. The van der Waals surface area contributed by atoms with Crippen molar-refractivity contribution in [1.82, 2.24) is 0 Å². The van der Waals surface area contributed by atoms with E-state index in [1.54, 1.807) is 6.08 Å². The Kier molecular flexibility index (Phi) is 4.33. The fourth-order valence-corrected chi connectivity index (χ4v) is 2.23. The number of rotatable bonds is 5. The minimum Gasteiger partial charge on any atom is -0.479 e. The van der Waals surface area contributed by atoms with Gasteiger partial charge in [-0.05, 0) is 31.6 Å². The van der Waals surface area contributed by atoms with Crippen molar-refractivity contribution in [3.63, 3.8) is 0 Å². The normalized spacial score (nSPS) is 31.1. The van der Waals surface area contributed by atoms with Crippen molar-refractivity contribution >= 4 is 5.97 Å². The zero-order chi connectivity index (χ0) is 11.3. The van der Waals surface area contributed by atoms with Gasteiger partial charge in [0.2, 0.25) is 0 Å². The standard InChI is InChI=1S/C12H20O3/c1-3-4-8-15-12(11(13)14)7-5-6-10(2)9-12/h3,10H,1,4-9H2,2H3,(H,13,14). The average molecular weight is 212 g/mol. The number of hydrogen-bond acceptors (Lipinski definition) is 2. The summed E-state index contributed by atoms with van der Waals surface area (Å²) in [6.45, 7) is 6.15. The van der Waals surface area contributed by atoms with Gasteiger partial charge in [0.05, 0.1) is 6.61 Å². The quantitative estimate of drug-likeness (QED) is 0.563. The summed E-state index contributed by atoms with van der Waals surface area (Å²) in [6.07, 6.45) is 5.80. The monoisotopic (exact) mass is 212 g/mol. The van der Waals surface area contributed by atoms with E-state index in [9.17, 15) is 9.90 Å². The molecule has 0 aromatic heterocycles. The predicted octanol–water partition coefficient (Wildman–Crippen LogP) is 2.61. The van der Waals surface area contributed by atoms with Crippen LogP contribution in [-0.2, 0) is 9.53 Å². The highest BCUT2D eigenvalue weighted by Crippen LogP contribution is 2.35. The third-order valence-corrected chi connectivity index (χ3v) is 3.05. The van der Waals surface area contributed by atoms with E-state index >= 15 is 0 Å². The summed E-state index contributed by atoms with van der Waals surface area (Å²) in [4.78, 5) is 11.3. The lowest BCUT2D eigenvalue weighted by molar-refractivity contribution is -0.172. The minimum absolute atomic E-state index is 0.443. The first kappa shape index (κ1) is 12.2. The molecule has 3 heteroatoms. The smallest absolute Gasteiger partial charge is 0.335 e. The van der Waals surface area contributed by atoms with Gasteiger partial charge >= 0.3 is 5.97 Å². The van der Waals surface area contributed by atoms with Crippen molar-refractivity contribution in [2.75, 3.05) is 6.61 Å². The predicted molar refractivity (Wildman–Crippen MR) is 58.8 cm³/mol. The van der Waals surface area contributed by atoms with Crippen LogP contribution in [0.15, 0.2) is 12.7 Å². The molecule has 1 aliphatic carbocycles. The molecule has 86 valence electrons. The molecule has 2 atom stereocenters. The highest BCUT2D eigenvalue weighted by molar-refractivity contribution is 5.77. The van der Waals surface area contributed by atoms with Gasteiger partial charge in [-0.3, -0.25) is 0 Å². The first-order valence-electron chi connectivity index (χ1n) is 5.59. The van der Waals surface area contributed by atoms with Gasteiger partial charge in [0.1, 0.15) is 0 Å². The summed E-state index contributed by atoms with van der Waals surface area (Å²) in [6, 6.07) is 0. The third kappa shape index (κ3) is 3.06. The fourth-order valence-electron chi connectivity index (χ4n) is 2.23. The summed E-state index contributed by atoms with van der Waals surface area (Å²) in [5.41, 5.74) is -0.930. The third-order valence-electron chi connectivity index (χ3n) is 3.05. The zero-order valence-electron chi connectivity index (χ0n) is 9.37. The molecule has 0 radical (unpaired) electrons. The van der Waals surface area contributed by atoms with Gasteiger partial charge < -0.3 is 9.84 Å². The molecule has 1 rings (SSSR count). The van der Waals surface area contributed by atoms with E-state index in [4.69, 9.17) is 4.74 Å². The van der Waals surface area contributed by atoms with Crippen LogP contribution in [0.2, 0.25) is 0 Å². The van der Waals surface area contributed by atoms with Crippen LogP contribution >= 0.6 is 0 Å². The highest BCUT2D eigenvalue weighted by atomic mass is 16.5. The molecule has 3 nitrogen and oxygen atoms in total. The molecule has 0 aromatic rings. The van der Waals surface area contributed by atoms with E-state index in [2.05, 4.69) is 13.5 Å². The SMILES string of the molecule is C=CCCOC1(C(=O)O)CCCC(C)C1. The Bertz CT molecular complexity index is 237. The van der Waals surface area contributed by atoms with E-state index in [0.29, 0.717) is 31.8 Å². The number of hydrogen-bond donors (Lipinski definition) is 1. The average Bonchev–Trinajstić information content (AvgIpc) is 2.18. The molecule has 0 saturated heterocycles. The van der Waals surface area contributed by atoms with E-state index in [-0.39, 0.29) is 0 Å². The molecule has 2 unspecified atom stereocenters. The summed E-state index contributed by atoms with van der Waals surface area (Å²) in [7, 11) is 0. The Morgan fingerprint density at radius 1 is 1.73 bits per heavy atom. The number of carbonyl (C=O) groups is 1. The van der Waals surface area contributed by atoms with Crippen molar-refractivity contribution in [2.24, 2.45) is 5.92 Å². The van der Waals surface area contributed by atoms with Gasteiger partial charge in [0, 0.05) is 0 Å². The van der Waals surface area contributed by atoms with E-state index in [1.807, 2.05) is 0 Å². The van der Waals surface area contributed by atoms with Gasteiger partial charge in [-0.2, -0.15) is 0 Å². The van der Waals surface area contributed by atoms with Crippen LogP contribution in [0.4, 0.5) is 0 Å². The second-order valence-electron chi connectivity index (χ2n) is 4.43. The number of ether oxygens (including phenoxy) is 1. The molecular formula is C12H20O3. The zero-order valence-corrected chi connectivity index (χ0v) is 9.37. The topological polar surface area (TPSA) is 46.5 Å².